The Morgan fingerprint density at radius 2 is 1.75 bits per heavy atom. The van der Waals surface area contributed by atoms with Gasteiger partial charge in [0.05, 0.1) is 0 Å². The van der Waals surface area contributed by atoms with E-state index in [-0.39, 0.29) is 0 Å². The quantitative estimate of drug-likeness (QED) is 0.653. The first-order valence-corrected chi connectivity index (χ1v) is 6.50. The maximum absolute atomic E-state index is 8.86. The SMILES string of the molecule is CCC1CN(CCCO)CCN1CCCO. The van der Waals surface area contributed by atoms with Crippen LogP contribution in [-0.4, -0.2) is 72.0 Å². The molecule has 0 aromatic heterocycles. The van der Waals surface area contributed by atoms with Gasteiger partial charge < -0.3 is 15.1 Å². The van der Waals surface area contributed by atoms with Crippen LogP contribution in [-0.2, 0) is 0 Å². The molecule has 0 aromatic carbocycles. The summed E-state index contributed by atoms with van der Waals surface area (Å²) in [4.78, 5) is 4.94. The third kappa shape index (κ3) is 4.37. The van der Waals surface area contributed by atoms with E-state index in [1.165, 1.54) is 6.42 Å². The standard InChI is InChI=1S/C12H26N2O2/c1-2-12-11-13(5-3-9-15)7-8-14(12)6-4-10-16/h12,15-16H,2-11H2,1H3. The minimum absolute atomic E-state index is 0.293. The van der Waals surface area contributed by atoms with Gasteiger partial charge in [-0.05, 0) is 19.3 Å². The number of aliphatic hydroxyl groups excluding tert-OH is 2. The van der Waals surface area contributed by atoms with E-state index in [0.29, 0.717) is 19.3 Å². The number of aliphatic hydroxyl groups is 2. The summed E-state index contributed by atoms with van der Waals surface area (Å²) < 4.78 is 0. The minimum Gasteiger partial charge on any atom is -0.396 e. The summed E-state index contributed by atoms with van der Waals surface area (Å²) in [5.41, 5.74) is 0. The van der Waals surface area contributed by atoms with Crippen LogP contribution in [0.5, 0.6) is 0 Å². The number of piperazine rings is 1. The van der Waals surface area contributed by atoms with Gasteiger partial charge in [0, 0.05) is 52.0 Å². The van der Waals surface area contributed by atoms with Gasteiger partial charge in [-0.2, -0.15) is 0 Å². The lowest BCUT2D eigenvalue weighted by molar-refractivity contribution is 0.0635. The Morgan fingerprint density at radius 3 is 2.38 bits per heavy atom. The Labute approximate surface area is 98.9 Å². The molecule has 0 aromatic rings. The van der Waals surface area contributed by atoms with Crippen LogP contribution in [0.1, 0.15) is 26.2 Å². The predicted octanol–water partition coefficient (Wildman–Crippen LogP) is 0.147. The molecule has 0 saturated carbocycles. The van der Waals surface area contributed by atoms with Gasteiger partial charge in [0.15, 0.2) is 0 Å². The maximum atomic E-state index is 8.86. The highest BCUT2D eigenvalue weighted by atomic mass is 16.3. The fourth-order valence-electron chi connectivity index (χ4n) is 2.41. The highest BCUT2D eigenvalue weighted by Crippen LogP contribution is 2.13. The Balaban J connectivity index is 2.31. The highest BCUT2D eigenvalue weighted by molar-refractivity contribution is 4.81. The molecule has 0 amide bonds. The molecular weight excluding hydrogens is 204 g/mol. The molecule has 1 heterocycles. The molecule has 96 valence electrons. The van der Waals surface area contributed by atoms with E-state index in [1.54, 1.807) is 0 Å². The molecular formula is C12H26N2O2. The maximum Gasteiger partial charge on any atom is 0.0443 e. The summed E-state index contributed by atoms with van der Waals surface area (Å²) in [6.45, 7) is 8.16. The van der Waals surface area contributed by atoms with Crippen LogP contribution in [0.3, 0.4) is 0 Å². The summed E-state index contributed by atoms with van der Waals surface area (Å²) in [6, 6.07) is 0.624. The Bertz CT molecular complexity index is 178. The molecule has 1 atom stereocenters. The van der Waals surface area contributed by atoms with Crippen LogP contribution < -0.4 is 0 Å². The zero-order chi connectivity index (χ0) is 11.8. The second kappa shape index (κ2) is 8.01. The molecule has 4 heteroatoms. The average Bonchev–Trinajstić information content (AvgIpc) is 2.34. The number of nitrogens with zero attached hydrogens (tertiary/aromatic N) is 2. The molecule has 1 fully saturated rings. The Morgan fingerprint density at radius 1 is 1.06 bits per heavy atom. The fourth-order valence-corrected chi connectivity index (χ4v) is 2.41. The summed E-state index contributed by atoms with van der Waals surface area (Å²) in [5.74, 6) is 0. The molecule has 1 rings (SSSR count). The van der Waals surface area contributed by atoms with E-state index in [1.807, 2.05) is 0 Å². The van der Waals surface area contributed by atoms with E-state index in [2.05, 4.69) is 16.7 Å². The average molecular weight is 230 g/mol. The van der Waals surface area contributed by atoms with Crippen molar-refractivity contribution < 1.29 is 10.2 Å². The zero-order valence-electron chi connectivity index (χ0n) is 10.4. The first kappa shape index (κ1) is 13.9. The van der Waals surface area contributed by atoms with Crippen molar-refractivity contribution in [3.05, 3.63) is 0 Å². The molecule has 16 heavy (non-hydrogen) atoms. The molecule has 1 unspecified atom stereocenters. The summed E-state index contributed by atoms with van der Waals surface area (Å²) in [5, 5.41) is 17.7. The zero-order valence-corrected chi connectivity index (χ0v) is 10.4. The van der Waals surface area contributed by atoms with Crippen molar-refractivity contribution in [2.24, 2.45) is 0 Å². The van der Waals surface area contributed by atoms with Gasteiger partial charge in [0.2, 0.25) is 0 Å². The van der Waals surface area contributed by atoms with E-state index in [4.69, 9.17) is 10.2 Å². The number of hydrogen-bond donors (Lipinski definition) is 2. The van der Waals surface area contributed by atoms with Crippen molar-refractivity contribution in [1.29, 1.82) is 0 Å². The first-order valence-electron chi connectivity index (χ1n) is 6.50. The Kier molecular flexibility index (Phi) is 6.96. The van der Waals surface area contributed by atoms with Crippen molar-refractivity contribution in [2.45, 2.75) is 32.2 Å². The second-order valence-electron chi connectivity index (χ2n) is 4.55. The molecule has 2 N–H and O–H groups in total. The van der Waals surface area contributed by atoms with Crippen molar-refractivity contribution in [3.8, 4) is 0 Å². The molecule has 1 saturated heterocycles. The number of rotatable bonds is 7. The lowest BCUT2D eigenvalue weighted by Crippen LogP contribution is -2.53. The monoisotopic (exact) mass is 230 g/mol. The smallest absolute Gasteiger partial charge is 0.0443 e. The second-order valence-corrected chi connectivity index (χ2v) is 4.55. The van der Waals surface area contributed by atoms with E-state index in [9.17, 15) is 0 Å². The predicted molar refractivity (Wildman–Crippen MR) is 65.5 cm³/mol. The molecule has 1 aliphatic heterocycles. The van der Waals surface area contributed by atoms with Crippen LogP contribution in [0.25, 0.3) is 0 Å². The third-order valence-corrected chi connectivity index (χ3v) is 3.40. The Hall–Kier alpha value is -0.160. The van der Waals surface area contributed by atoms with Crippen LogP contribution in [0, 0.1) is 0 Å². The lowest BCUT2D eigenvalue weighted by Gasteiger charge is -2.41. The van der Waals surface area contributed by atoms with E-state index < -0.39 is 0 Å². The third-order valence-electron chi connectivity index (χ3n) is 3.40. The molecule has 0 aliphatic carbocycles. The van der Waals surface area contributed by atoms with Crippen molar-refractivity contribution in [1.82, 2.24) is 9.80 Å². The van der Waals surface area contributed by atoms with Crippen LogP contribution in [0.4, 0.5) is 0 Å². The highest BCUT2D eigenvalue weighted by Gasteiger charge is 2.24. The van der Waals surface area contributed by atoms with Gasteiger partial charge in [-0.1, -0.05) is 6.92 Å². The van der Waals surface area contributed by atoms with Crippen molar-refractivity contribution in [2.75, 3.05) is 45.9 Å². The van der Waals surface area contributed by atoms with Gasteiger partial charge in [0.25, 0.3) is 0 Å². The van der Waals surface area contributed by atoms with Crippen LogP contribution >= 0.6 is 0 Å². The molecule has 0 spiro atoms. The van der Waals surface area contributed by atoms with Crippen LogP contribution in [0.2, 0.25) is 0 Å². The lowest BCUT2D eigenvalue weighted by atomic mass is 10.1. The van der Waals surface area contributed by atoms with E-state index >= 15 is 0 Å². The van der Waals surface area contributed by atoms with Gasteiger partial charge in [-0.15, -0.1) is 0 Å². The van der Waals surface area contributed by atoms with Gasteiger partial charge >= 0.3 is 0 Å². The van der Waals surface area contributed by atoms with E-state index in [0.717, 1.165) is 45.6 Å². The normalized spacial score (nSPS) is 23.8. The molecule has 0 bridgehead atoms. The first-order chi connectivity index (χ1) is 7.81. The minimum atomic E-state index is 0.293. The van der Waals surface area contributed by atoms with Gasteiger partial charge in [0.1, 0.15) is 0 Å². The van der Waals surface area contributed by atoms with Crippen molar-refractivity contribution in [3.63, 3.8) is 0 Å². The topological polar surface area (TPSA) is 46.9 Å². The molecule has 1 aliphatic rings. The summed E-state index contributed by atoms with van der Waals surface area (Å²) in [7, 11) is 0. The van der Waals surface area contributed by atoms with Crippen molar-refractivity contribution >= 4 is 0 Å². The molecule has 4 nitrogen and oxygen atoms in total. The molecule has 0 radical (unpaired) electrons. The van der Waals surface area contributed by atoms with Crippen LogP contribution in [0.15, 0.2) is 0 Å². The van der Waals surface area contributed by atoms with Gasteiger partial charge in [-0.3, -0.25) is 4.90 Å². The fraction of sp³-hybridized carbons (Fsp3) is 1.00. The largest absolute Gasteiger partial charge is 0.396 e. The summed E-state index contributed by atoms with van der Waals surface area (Å²) >= 11 is 0. The van der Waals surface area contributed by atoms with Gasteiger partial charge in [-0.25, -0.2) is 0 Å². The summed E-state index contributed by atoms with van der Waals surface area (Å²) in [6.07, 6.45) is 2.93. The number of hydrogen-bond acceptors (Lipinski definition) is 4.